The molecule has 8 nitrogen and oxygen atoms in total. The number of amides is 2. The molecule has 0 aliphatic rings. The van der Waals surface area contributed by atoms with E-state index in [1.807, 2.05) is 5.32 Å². The van der Waals surface area contributed by atoms with Crippen LogP contribution in [-0.2, 0) is 9.53 Å². The Morgan fingerprint density at radius 1 is 0.926 bits per heavy atom. The maximum atomic E-state index is 11.8. The lowest BCUT2D eigenvalue weighted by Crippen LogP contribution is -2.28. The molecule has 0 heterocycles. The van der Waals surface area contributed by atoms with Crippen molar-refractivity contribution in [3.05, 3.63) is 41.5 Å². The highest BCUT2D eigenvalue weighted by Crippen LogP contribution is 2.46. The quantitative estimate of drug-likeness (QED) is 0.316. The molecule has 0 fully saturated rings. The molecule has 2 aromatic rings. The SMILES string of the molecule is CC(=O)NC(=O)OC(=CC=C(C)C)c1cc(O)c2c(O)ccc(O)c2c1O. The van der Waals surface area contributed by atoms with Gasteiger partial charge in [0.15, 0.2) is 0 Å². The van der Waals surface area contributed by atoms with Crippen LogP contribution in [0.25, 0.3) is 16.5 Å². The number of nitrogens with one attached hydrogen (secondary N) is 1. The Labute approximate surface area is 154 Å². The highest BCUT2D eigenvalue weighted by atomic mass is 16.6. The molecule has 0 radical (unpaired) electrons. The third-order valence-electron chi connectivity index (χ3n) is 3.50. The summed E-state index contributed by atoms with van der Waals surface area (Å²) in [7, 11) is 0. The second-order valence-electron chi connectivity index (χ2n) is 5.99. The fraction of sp³-hybridized carbons (Fsp3) is 0.158. The van der Waals surface area contributed by atoms with Gasteiger partial charge in [0.1, 0.15) is 28.8 Å². The van der Waals surface area contributed by atoms with Gasteiger partial charge in [0.05, 0.1) is 16.3 Å². The van der Waals surface area contributed by atoms with Gasteiger partial charge in [0.2, 0.25) is 5.91 Å². The second kappa shape index (κ2) is 7.69. The molecule has 0 aliphatic heterocycles. The molecule has 2 amide bonds. The van der Waals surface area contributed by atoms with Gasteiger partial charge in [-0.25, -0.2) is 4.79 Å². The number of imide groups is 1. The summed E-state index contributed by atoms with van der Waals surface area (Å²) in [5, 5.41) is 42.3. The van der Waals surface area contributed by atoms with Crippen molar-refractivity contribution in [1.82, 2.24) is 5.32 Å². The van der Waals surface area contributed by atoms with Crippen LogP contribution in [0, 0.1) is 0 Å². The number of benzene rings is 2. The first-order valence-electron chi connectivity index (χ1n) is 7.86. The minimum absolute atomic E-state index is 0.128. The van der Waals surface area contributed by atoms with E-state index >= 15 is 0 Å². The smallest absolute Gasteiger partial charge is 0.419 e. The lowest BCUT2D eigenvalue weighted by atomic mass is 10.0. The van der Waals surface area contributed by atoms with E-state index in [-0.39, 0.29) is 27.8 Å². The lowest BCUT2D eigenvalue weighted by molar-refractivity contribution is -0.118. The normalized spacial score (nSPS) is 11.1. The number of carbonyl (C=O) groups excluding carboxylic acids is 2. The van der Waals surface area contributed by atoms with E-state index in [2.05, 4.69) is 0 Å². The van der Waals surface area contributed by atoms with Crippen LogP contribution in [0.4, 0.5) is 4.79 Å². The second-order valence-corrected chi connectivity index (χ2v) is 5.99. The van der Waals surface area contributed by atoms with Crippen molar-refractivity contribution in [2.45, 2.75) is 20.8 Å². The number of carbonyl (C=O) groups is 2. The number of alkyl carbamates (subject to hydrolysis) is 1. The molecule has 5 N–H and O–H groups in total. The van der Waals surface area contributed by atoms with Crippen LogP contribution < -0.4 is 5.32 Å². The van der Waals surface area contributed by atoms with Crippen molar-refractivity contribution in [3.63, 3.8) is 0 Å². The van der Waals surface area contributed by atoms with E-state index in [0.717, 1.165) is 30.7 Å². The standard InChI is InChI=1S/C19H19NO7/c1-9(2)4-7-15(27-19(26)20-10(3)21)11-8-14(24)16-12(22)5-6-13(23)17(16)18(11)25/h4-8,22-25H,1-3H3,(H,20,21,26). The van der Waals surface area contributed by atoms with Crippen LogP contribution in [0.1, 0.15) is 26.3 Å². The van der Waals surface area contributed by atoms with Crippen molar-refractivity contribution in [1.29, 1.82) is 0 Å². The average Bonchev–Trinajstić information content (AvgIpc) is 2.56. The zero-order chi connectivity index (χ0) is 20.3. The molecule has 142 valence electrons. The fourth-order valence-corrected chi connectivity index (χ4v) is 2.37. The summed E-state index contributed by atoms with van der Waals surface area (Å²) in [6.07, 6.45) is 1.85. The summed E-state index contributed by atoms with van der Waals surface area (Å²) in [4.78, 5) is 22.8. The van der Waals surface area contributed by atoms with Crippen molar-refractivity contribution in [2.24, 2.45) is 0 Å². The van der Waals surface area contributed by atoms with E-state index in [0.29, 0.717) is 0 Å². The van der Waals surface area contributed by atoms with Gasteiger partial charge in [0.25, 0.3) is 0 Å². The van der Waals surface area contributed by atoms with Gasteiger partial charge in [-0.2, -0.15) is 0 Å². The highest BCUT2D eigenvalue weighted by Gasteiger charge is 2.22. The molecular weight excluding hydrogens is 354 g/mol. The Kier molecular flexibility index (Phi) is 5.60. The van der Waals surface area contributed by atoms with Gasteiger partial charge in [-0.3, -0.25) is 10.1 Å². The highest BCUT2D eigenvalue weighted by molar-refractivity contribution is 6.04. The topological polar surface area (TPSA) is 136 Å². The van der Waals surface area contributed by atoms with Gasteiger partial charge >= 0.3 is 6.09 Å². The third kappa shape index (κ3) is 4.30. The van der Waals surface area contributed by atoms with Crippen molar-refractivity contribution < 1.29 is 34.8 Å². The predicted molar refractivity (Wildman–Crippen MR) is 98.3 cm³/mol. The largest absolute Gasteiger partial charge is 0.507 e. The number of aromatic hydroxyl groups is 4. The fourth-order valence-electron chi connectivity index (χ4n) is 2.37. The Hall–Kier alpha value is -3.68. The summed E-state index contributed by atoms with van der Waals surface area (Å²) in [6.45, 7) is 4.69. The number of hydrogen-bond donors (Lipinski definition) is 5. The predicted octanol–water partition coefficient (Wildman–Crippen LogP) is 3.24. The van der Waals surface area contributed by atoms with Gasteiger partial charge in [-0.15, -0.1) is 0 Å². The summed E-state index contributed by atoms with van der Waals surface area (Å²) >= 11 is 0. The lowest BCUT2D eigenvalue weighted by Gasteiger charge is -2.14. The molecule has 0 spiro atoms. The van der Waals surface area contributed by atoms with E-state index in [4.69, 9.17) is 4.74 Å². The summed E-state index contributed by atoms with van der Waals surface area (Å²) in [5.41, 5.74) is 0.713. The molecular formula is C19H19NO7. The van der Waals surface area contributed by atoms with Crippen LogP contribution in [-0.4, -0.2) is 32.4 Å². The molecule has 2 aromatic carbocycles. The number of phenols is 4. The molecule has 0 bridgehead atoms. The number of ether oxygens (including phenoxy) is 1. The molecule has 2 rings (SSSR count). The minimum atomic E-state index is -1.09. The summed E-state index contributed by atoms with van der Waals surface area (Å²) < 4.78 is 5.08. The molecule has 0 aliphatic carbocycles. The van der Waals surface area contributed by atoms with Crippen LogP contribution in [0.2, 0.25) is 0 Å². The molecule has 8 heteroatoms. The van der Waals surface area contributed by atoms with E-state index in [1.165, 1.54) is 6.08 Å². The number of fused-ring (bicyclic) bond motifs is 1. The van der Waals surface area contributed by atoms with Crippen molar-refractivity contribution in [3.8, 4) is 23.0 Å². The van der Waals surface area contributed by atoms with Gasteiger partial charge in [0, 0.05) is 6.92 Å². The number of rotatable bonds is 3. The number of hydrogen-bond acceptors (Lipinski definition) is 7. The first-order valence-corrected chi connectivity index (χ1v) is 7.86. The molecule has 0 saturated carbocycles. The van der Waals surface area contributed by atoms with E-state index in [9.17, 15) is 30.0 Å². The zero-order valence-corrected chi connectivity index (χ0v) is 14.9. The Morgan fingerprint density at radius 2 is 1.52 bits per heavy atom. The first kappa shape index (κ1) is 19.6. The zero-order valence-electron chi connectivity index (χ0n) is 14.9. The van der Waals surface area contributed by atoms with E-state index in [1.54, 1.807) is 19.9 Å². The molecule has 27 heavy (non-hydrogen) atoms. The van der Waals surface area contributed by atoms with Crippen molar-refractivity contribution >= 4 is 28.5 Å². The number of allylic oxidation sites excluding steroid dienone is 3. The van der Waals surface area contributed by atoms with Crippen LogP contribution >= 0.6 is 0 Å². The monoisotopic (exact) mass is 373 g/mol. The van der Waals surface area contributed by atoms with Gasteiger partial charge in [-0.1, -0.05) is 11.6 Å². The summed E-state index contributed by atoms with van der Waals surface area (Å²) in [5.74, 6) is -2.56. The number of phenolic OH excluding ortho intramolecular Hbond substituents is 4. The average molecular weight is 373 g/mol. The van der Waals surface area contributed by atoms with Gasteiger partial charge in [-0.05, 0) is 38.1 Å². The molecule has 0 atom stereocenters. The Bertz CT molecular complexity index is 985. The van der Waals surface area contributed by atoms with Crippen LogP contribution in [0.5, 0.6) is 23.0 Å². The minimum Gasteiger partial charge on any atom is -0.507 e. The van der Waals surface area contributed by atoms with Crippen LogP contribution in [0.3, 0.4) is 0 Å². The first-order chi connectivity index (χ1) is 12.6. The van der Waals surface area contributed by atoms with Crippen molar-refractivity contribution in [2.75, 3.05) is 0 Å². The Balaban J connectivity index is 2.70. The molecule has 0 unspecified atom stereocenters. The third-order valence-corrected chi connectivity index (χ3v) is 3.50. The Morgan fingerprint density at radius 3 is 2.07 bits per heavy atom. The van der Waals surface area contributed by atoms with Crippen LogP contribution in [0.15, 0.2) is 35.9 Å². The van der Waals surface area contributed by atoms with Gasteiger partial charge < -0.3 is 25.2 Å². The maximum Gasteiger partial charge on any atom is 0.419 e. The van der Waals surface area contributed by atoms with E-state index < -0.39 is 29.2 Å². The summed E-state index contributed by atoms with van der Waals surface area (Å²) in [6, 6.07) is 3.37. The molecule has 0 saturated heterocycles. The maximum absolute atomic E-state index is 11.8. The molecule has 0 aromatic heterocycles.